The van der Waals surface area contributed by atoms with Crippen LogP contribution in [0.5, 0.6) is 0 Å². The Hall–Kier alpha value is -1.02. The first kappa shape index (κ1) is 14.0. The van der Waals surface area contributed by atoms with Gasteiger partial charge in [-0.1, -0.05) is 41.9 Å². The van der Waals surface area contributed by atoms with Crippen LogP contribution >= 0.6 is 24.0 Å². The van der Waals surface area contributed by atoms with Crippen LogP contribution in [-0.4, -0.2) is 0 Å². The second kappa shape index (κ2) is 6.06. The van der Waals surface area contributed by atoms with Gasteiger partial charge in [-0.2, -0.15) is 0 Å². The molecule has 0 aliphatic heterocycles. The number of benzene rings is 2. The summed E-state index contributed by atoms with van der Waals surface area (Å²) >= 11 is 5.86. The molecule has 0 saturated heterocycles. The molecule has 0 aliphatic carbocycles. The average molecular weight is 268 g/mol. The first-order valence-corrected chi connectivity index (χ1v) is 5.66. The van der Waals surface area contributed by atoms with E-state index in [9.17, 15) is 0 Å². The highest BCUT2D eigenvalue weighted by Gasteiger charge is 2.02. The quantitative estimate of drug-likeness (QED) is 0.855. The summed E-state index contributed by atoms with van der Waals surface area (Å²) in [6.45, 7) is 1.99. The fourth-order valence-corrected chi connectivity index (χ4v) is 1.77. The number of nitrogens with two attached hydrogens (primary N) is 1. The molecular formula is C14H15Cl2N. The van der Waals surface area contributed by atoms with E-state index in [0.29, 0.717) is 0 Å². The largest absolute Gasteiger partial charge is 0.324 e. The van der Waals surface area contributed by atoms with Gasteiger partial charge in [-0.3, -0.25) is 0 Å². The van der Waals surface area contributed by atoms with Gasteiger partial charge in [-0.25, -0.2) is 0 Å². The first-order valence-electron chi connectivity index (χ1n) is 5.28. The van der Waals surface area contributed by atoms with Gasteiger partial charge < -0.3 is 5.73 Å². The minimum absolute atomic E-state index is 0. The summed E-state index contributed by atoms with van der Waals surface area (Å²) in [4.78, 5) is 0. The molecule has 0 aliphatic rings. The Balaban J connectivity index is 0.00000144. The van der Waals surface area contributed by atoms with E-state index in [0.717, 1.165) is 16.1 Å². The molecule has 17 heavy (non-hydrogen) atoms. The Kier molecular flexibility index (Phi) is 5.01. The van der Waals surface area contributed by atoms with Gasteiger partial charge in [-0.05, 0) is 41.8 Å². The number of hydrogen-bond donors (Lipinski definition) is 1. The fraction of sp³-hybridized carbons (Fsp3) is 0.143. The highest BCUT2D eigenvalue weighted by atomic mass is 35.5. The van der Waals surface area contributed by atoms with Crippen molar-refractivity contribution >= 4 is 24.0 Å². The molecule has 1 nitrogen and oxygen atoms in total. The molecular weight excluding hydrogens is 253 g/mol. The maximum Gasteiger partial charge on any atom is 0.0406 e. The van der Waals surface area contributed by atoms with Crippen LogP contribution in [0.25, 0.3) is 11.1 Å². The summed E-state index contributed by atoms with van der Waals surface area (Å²) in [5, 5.41) is 0.757. The van der Waals surface area contributed by atoms with Crippen molar-refractivity contribution in [2.24, 2.45) is 5.73 Å². The zero-order valence-electron chi connectivity index (χ0n) is 9.56. The number of halogens is 2. The van der Waals surface area contributed by atoms with Crippen LogP contribution in [-0.2, 0) is 0 Å². The van der Waals surface area contributed by atoms with Crippen molar-refractivity contribution in [1.29, 1.82) is 0 Å². The van der Waals surface area contributed by atoms with Crippen LogP contribution in [0.3, 0.4) is 0 Å². The monoisotopic (exact) mass is 267 g/mol. The molecule has 0 unspecified atom stereocenters. The maximum absolute atomic E-state index is 5.86. The third-order valence-corrected chi connectivity index (χ3v) is 2.84. The van der Waals surface area contributed by atoms with E-state index < -0.39 is 0 Å². The van der Waals surface area contributed by atoms with E-state index in [1.54, 1.807) is 0 Å². The van der Waals surface area contributed by atoms with E-state index in [1.165, 1.54) is 5.56 Å². The smallest absolute Gasteiger partial charge is 0.0406 e. The van der Waals surface area contributed by atoms with Gasteiger partial charge in [0.2, 0.25) is 0 Å². The highest BCUT2D eigenvalue weighted by molar-refractivity contribution is 6.30. The minimum Gasteiger partial charge on any atom is -0.324 e. The second-order valence-corrected chi connectivity index (χ2v) is 4.36. The Bertz CT molecular complexity index is 478. The van der Waals surface area contributed by atoms with Gasteiger partial charge in [0.05, 0.1) is 0 Å². The summed E-state index contributed by atoms with van der Waals surface area (Å²) in [7, 11) is 0. The van der Waals surface area contributed by atoms with Crippen molar-refractivity contribution in [2.75, 3.05) is 0 Å². The molecule has 0 aromatic heterocycles. The lowest BCUT2D eigenvalue weighted by Gasteiger charge is -2.08. The van der Waals surface area contributed by atoms with Crippen molar-refractivity contribution in [1.82, 2.24) is 0 Å². The van der Waals surface area contributed by atoms with Gasteiger partial charge in [-0.15, -0.1) is 12.4 Å². The molecule has 0 saturated carbocycles. The topological polar surface area (TPSA) is 26.0 Å². The SMILES string of the molecule is C[C@H](N)c1cccc(-c2ccc(Cl)cc2)c1.Cl. The van der Waals surface area contributed by atoms with Gasteiger partial charge in [0.25, 0.3) is 0 Å². The predicted molar refractivity (Wildman–Crippen MR) is 76.7 cm³/mol. The Labute approximate surface area is 113 Å². The van der Waals surface area contributed by atoms with Crippen LogP contribution in [0.15, 0.2) is 48.5 Å². The van der Waals surface area contributed by atoms with Gasteiger partial charge in [0.15, 0.2) is 0 Å². The lowest BCUT2D eigenvalue weighted by Crippen LogP contribution is -2.04. The molecule has 2 aromatic rings. The maximum atomic E-state index is 5.86. The zero-order valence-corrected chi connectivity index (χ0v) is 11.1. The summed E-state index contributed by atoms with van der Waals surface area (Å²) in [6, 6.07) is 16.2. The van der Waals surface area contributed by atoms with Gasteiger partial charge in [0, 0.05) is 11.1 Å². The molecule has 0 spiro atoms. The standard InChI is InChI=1S/C14H14ClN.ClH/c1-10(16)12-3-2-4-13(9-12)11-5-7-14(15)8-6-11;/h2-10H,16H2,1H3;1H/t10-;/m0./s1. The second-order valence-electron chi connectivity index (χ2n) is 3.92. The Morgan fingerprint density at radius 1 is 1.00 bits per heavy atom. The number of rotatable bonds is 2. The summed E-state index contributed by atoms with van der Waals surface area (Å²) in [5.74, 6) is 0. The van der Waals surface area contributed by atoms with Crippen molar-refractivity contribution in [2.45, 2.75) is 13.0 Å². The van der Waals surface area contributed by atoms with Crippen molar-refractivity contribution in [3.8, 4) is 11.1 Å². The molecule has 0 amide bonds. The van der Waals surface area contributed by atoms with Crippen molar-refractivity contribution < 1.29 is 0 Å². The summed E-state index contributed by atoms with van der Waals surface area (Å²) < 4.78 is 0. The van der Waals surface area contributed by atoms with Crippen LogP contribution in [0.4, 0.5) is 0 Å². The number of hydrogen-bond acceptors (Lipinski definition) is 1. The highest BCUT2D eigenvalue weighted by Crippen LogP contribution is 2.23. The molecule has 2 N–H and O–H groups in total. The molecule has 0 heterocycles. The zero-order chi connectivity index (χ0) is 11.5. The van der Waals surface area contributed by atoms with E-state index in [1.807, 2.05) is 43.3 Å². The third kappa shape index (κ3) is 3.47. The van der Waals surface area contributed by atoms with E-state index in [-0.39, 0.29) is 18.4 Å². The summed E-state index contributed by atoms with van der Waals surface area (Å²) in [6.07, 6.45) is 0. The van der Waals surface area contributed by atoms with E-state index >= 15 is 0 Å². The van der Waals surface area contributed by atoms with Crippen molar-refractivity contribution in [3.05, 3.63) is 59.1 Å². The lowest BCUT2D eigenvalue weighted by atomic mass is 10.0. The van der Waals surface area contributed by atoms with Crippen molar-refractivity contribution in [3.63, 3.8) is 0 Å². The molecule has 2 rings (SSSR count). The Morgan fingerprint density at radius 2 is 1.65 bits per heavy atom. The van der Waals surface area contributed by atoms with E-state index in [4.69, 9.17) is 17.3 Å². The van der Waals surface area contributed by atoms with Gasteiger partial charge >= 0.3 is 0 Å². The Morgan fingerprint density at radius 3 is 2.24 bits per heavy atom. The molecule has 90 valence electrons. The van der Waals surface area contributed by atoms with Crippen LogP contribution in [0, 0.1) is 0 Å². The normalized spacial score (nSPS) is 11.7. The fourth-order valence-electron chi connectivity index (χ4n) is 1.64. The molecule has 1 atom stereocenters. The minimum atomic E-state index is 0. The molecule has 0 fully saturated rings. The molecule has 0 bridgehead atoms. The third-order valence-electron chi connectivity index (χ3n) is 2.59. The van der Waals surface area contributed by atoms with Crippen LogP contribution in [0.1, 0.15) is 18.5 Å². The summed E-state index contributed by atoms with van der Waals surface area (Å²) in [5.41, 5.74) is 9.34. The predicted octanol–water partition coefficient (Wildman–Crippen LogP) is 4.45. The van der Waals surface area contributed by atoms with E-state index in [2.05, 4.69) is 12.1 Å². The lowest BCUT2D eigenvalue weighted by molar-refractivity contribution is 0.819. The first-order chi connectivity index (χ1) is 7.66. The average Bonchev–Trinajstić information content (AvgIpc) is 2.30. The molecule has 2 aromatic carbocycles. The molecule has 3 heteroatoms. The van der Waals surface area contributed by atoms with Gasteiger partial charge in [0.1, 0.15) is 0 Å². The van der Waals surface area contributed by atoms with Crippen LogP contribution in [0.2, 0.25) is 5.02 Å². The van der Waals surface area contributed by atoms with Crippen LogP contribution < -0.4 is 5.73 Å². The molecule has 0 radical (unpaired) electrons.